The highest BCUT2D eigenvalue weighted by molar-refractivity contribution is 7.13. The molecule has 106 valence electrons. The molecule has 2 N–H and O–H groups in total. The molecule has 1 atom stereocenters. The first-order valence-electron chi connectivity index (χ1n) is 6.45. The molecule has 1 aromatic heterocycles. The lowest BCUT2D eigenvalue weighted by Crippen LogP contribution is -2.40. The Labute approximate surface area is 117 Å². The van der Waals surface area contributed by atoms with Crippen LogP contribution in [0.25, 0.3) is 0 Å². The molecular formula is C13H20N2O3S. The third kappa shape index (κ3) is 4.63. The molecule has 0 aliphatic rings. The fourth-order valence-electron chi connectivity index (χ4n) is 1.55. The van der Waals surface area contributed by atoms with Gasteiger partial charge in [0, 0.05) is 5.92 Å². The standard InChI is InChI=1S/C13H20N2O3S/c1-4-5-6-9(13(17)18)15-11(16)10-7-14-12(19-10)8(2)3/h7-9H,4-6H2,1-3H3,(H,15,16)(H,17,18). The number of hydrogen-bond acceptors (Lipinski definition) is 4. The zero-order valence-corrected chi connectivity index (χ0v) is 12.3. The lowest BCUT2D eigenvalue weighted by Gasteiger charge is -2.12. The summed E-state index contributed by atoms with van der Waals surface area (Å²) in [5.74, 6) is -1.08. The number of nitrogens with one attached hydrogen (secondary N) is 1. The quantitative estimate of drug-likeness (QED) is 0.806. The molecule has 1 rings (SSSR count). The number of carboxylic acids is 1. The average molecular weight is 284 g/mol. The van der Waals surface area contributed by atoms with Gasteiger partial charge in [-0.3, -0.25) is 4.79 Å². The summed E-state index contributed by atoms with van der Waals surface area (Å²) < 4.78 is 0. The maximum atomic E-state index is 12.0. The Balaban J connectivity index is 2.67. The third-order valence-electron chi connectivity index (χ3n) is 2.69. The number of amides is 1. The second kappa shape index (κ2) is 7.23. The molecule has 0 aromatic carbocycles. The Morgan fingerprint density at radius 3 is 2.63 bits per heavy atom. The van der Waals surface area contributed by atoms with Gasteiger partial charge in [-0.1, -0.05) is 33.6 Å². The van der Waals surface area contributed by atoms with Gasteiger partial charge in [0.15, 0.2) is 0 Å². The minimum Gasteiger partial charge on any atom is -0.480 e. The molecule has 0 saturated carbocycles. The molecular weight excluding hydrogens is 264 g/mol. The SMILES string of the molecule is CCCCC(NC(=O)c1cnc(C(C)C)s1)C(=O)O. The number of aliphatic carboxylic acids is 1. The highest BCUT2D eigenvalue weighted by atomic mass is 32.1. The van der Waals surface area contributed by atoms with Crippen LogP contribution in [0.3, 0.4) is 0 Å². The summed E-state index contributed by atoms with van der Waals surface area (Å²) in [5.41, 5.74) is 0. The zero-order chi connectivity index (χ0) is 14.4. The minimum absolute atomic E-state index is 0.266. The molecule has 1 amide bonds. The van der Waals surface area contributed by atoms with Gasteiger partial charge in [0.1, 0.15) is 10.9 Å². The summed E-state index contributed by atoms with van der Waals surface area (Å²) in [4.78, 5) is 27.6. The lowest BCUT2D eigenvalue weighted by molar-refractivity contribution is -0.139. The number of rotatable bonds is 7. The number of carbonyl (C=O) groups is 2. The van der Waals surface area contributed by atoms with Gasteiger partial charge in [0.2, 0.25) is 0 Å². The van der Waals surface area contributed by atoms with E-state index in [2.05, 4.69) is 10.3 Å². The highest BCUT2D eigenvalue weighted by Crippen LogP contribution is 2.21. The first kappa shape index (κ1) is 15.6. The van der Waals surface area contributed by atoms with E-state index in [0.717, 1.165) is 17.8 Å². The number of aromatic nitrogens is 1. The van der Waals surface area contributed by atoms with Crippen LogP contribution < -0.4 is 5.32 Å². The summed E-state index contributed by atoms with van der Waals surface area (Å²) in [6.45, 7) is 5.99. The Hall–Kier alpha value is -1.43. The molecule has 19 heavy (non-hydrogen) atoms. The minimum atomic E-state index is -0.990. The summed E-state index contributed by atoms with van der Waals surface area (Å²) in [6, 6.07) is -0.822. The molecule has 0 aliphatic carbocycles. The molecule has 1 unspecified atom stereocenters. The van der Waals surface area contributed by atoms with Crippen LogP contribution in [0.4, 0.5) is 0 Å². The van der Waals surface area contributed by atoms with Gasteiger partial charge >= 0.3 is 5.97 Å². The van der Waals surface area contributed by atoms with Crippen LogP contribution in [0.1, 0.15) is 60.6 Å². The van der Waals surface area contributed by atoms with Crippen molar-refractivity contribution in [1.82, 2.24) is 10.3 Å². The number of carbonyl (C=O) groups excluding carboxylic acids is 1. The summed E-state index contributed by atoms with van der Waals surface area (Å²) >= 11 is 1.31. The summed E-state index contributed by atoms with van der Waals surface area (Å²) in [6.07, 6.45) is 3.64. The van der Waals surface area contributed by atoms with Crippen LogP contribution in [0.5, 0.6) is 0 Å². The third-order valence-corrected chi connectivity index (χ3v) is 3.99. The fraction of sp³-hybridized carbons (Fsp3) is 0.615. The van der Waals surface area contributed by atoms with Gasteiger partial charge in [-0.25, -0.2) is 9.78 Å². The molecule has 0 fully saturated rings. The molecule has 0 saturated heterocycles. The topological polar surface area (TPSA) is 79.3 Å². The van der Waals surface area contributed by atoms with E-state index in [4.69, 9.17) is 5.11 Å². The van der Waals surface area contributed by atoms with Gasteiger partial charge in [-0.15, -0.1) is 11.3 Å². The van der Waals surface area contributed by atoms with Crippen molar-refractivity contribution in [3.05, 3.63) is 16.1 Å². The molecule has 1 heterocycles. The van der Waals surface area contributed by atoms with Crippen molar-refractivity contribution in [1.29, 1.82) is 0 Å². The molecule has 0 bridgehead atoms. The van der Waals surface area contributed by atoms with E-state index in [1.54, 1.807) is 0 Å². The van der Waals surface area contributed by atoms with Gasteiger partial charge in [-0.2, -0.15) is 0 Å². The van der Waals surface area contributed by atoms with Crippen molar-refractivity contribution in [3.63, 3.8) is 0 Å². The van der Waals surface area contributed by atoms with Crippen LogP contribution >= 0.6 is 11.3 Å². The largest absolute Gasteiger partial charge is 0.480 e. The second-order valence-corrected chi connectivity index (χ2v) is 5.79. The Kier molecular flexibility index (Phi) is 5.95. The fourth-order valence-corrected chi connectivity index (χ4v) is 2.38. The molecule has 0 radical (unpaired) electrons. The van der Waals surface area contributed by atoms with Gasteiger partial charge in [0.05, 0.1) is 11.2 Å². The van der Waals surface area contributed by atoms with Crippen molar-refractivity contribution in [2.45, 2.75) is 52.0 Å². The van der Waals surface area contributed by atoms with E-state index < -0.39 is 12.0 Å². The first-order valence-corrected chi connectivity index (χ1v) is 7.26. The average Bonchev–Trinajstić information content (AvgIpc) is 2.83. The molecule has 0 spiro atoms. The second-order valence-electron chi connectivity index (χ2n) is 4.72. The smallest absolute Gasteiger partial charge is 0.326 e. The predicted molar refractivity (Wildman–Crippen MR) is 74.6 cm³/mol. The van der Waals surface area contributed by atoms with Gasteiger partial charge in [-0.05, 0) is 6.42 Å². The Bertz CT molecular complexity index is 443. The van der Waals surface area contributed by atoms with E-state index in [0.29, 0.717) is 11.3 Å². The number of nitrogens with zero attached hydrogens (tertiary/aromatic N) is 1. The van der Waals surface area contributed by atoms with E-state index >= 15 is 0 Å². The molecule has 5 nitrogen and oxygen atoms in total. The number of thiazole rings is 1. The summed E-state index contributed by atoms with van der Waals surface area (Å²) in [7, 11) is 0. The van der Waals surface area contributed by atoms with Gasteiger partial charge in [0.25, 0.3) is 5.91 Å². The van der Waals surface area contributed by atoms with E-state index in [1.165, 1.54) is 17.5 Å². The van der Waals surface area contributed by atoms with Crippen molar-refractivity contribution < 1.29 is 14.7 Å². The normalized spacial score (nSPS) is 12.4. The van der Waals surface area contributed by atoms with Crippen LogP contribution in [0, 0.1) is 0 Å². The van der Waals surface area contributed by atoms with E-state index in [1.807, 2.05) is 20.8 Å². The monoisotopic (exact) mass is 284 g/mol. The predicted octanol–water partition coefficient (Wildman–Crippen LogP) is 2.64. The summed E-state index contributed by atoms with van der Waals surface area (Å²) in [5, 5.41) is 12.5. The van der Waals surface area contributed by atoms with Crippen LogP contribution in [-0.2, 0) is 4.79 Å². The van der Waals surface area contributed by atoms with E-state index in [9.17, 15) is 9.59 Å². The maximum Gasteiger partial charge on any atom is 0.326 e. The number of hydrogen-bond donors (Lipinski definition) is 2. The molecule has 6 heteroatoms. The van der Waals surface area contributed by atoms with Crippen molar-refractivity contribution in [3.8, 4) is 0 Å². The first-order chi connectivity index (χ1) is 8.95. The molecule has 0 aliphatic heterocycles. The van der Waals surface area contributed by atoms with E-state index in [-0.39, 0.29) is 11.8 Å². The maximum absolute atomic E-state index is 12.0. The number of carboxylic acid groups (broad SMARTS) is 1. The van der Waals surface area contributed by atoms with Crippen molar-refractivity contribution in [2.75, 3.05) is 0 Å². The number of unbranched alkanes of at least 4 members (excludes halogenated alkanes) is 1. The van der Waals surface area contributed by atoms with Crippen molar-refractivity contribution >= 4 is 23.2 Å². The molecule has 1 aromatic rings. The lowest BCUT2D eigenvalue weighted by atomic mass is 10.1. The van der Waals surface area contributed by atoms with Gasteiger partial charge < -0.3 is 10.4 Å². The van der Waals surface area contributed by atoms with Crippen LogP contribution in [0.15, 0.2) is 6.20 Å². The van der Waals surface area contributed by atoms with Crippen LogP contribution in [0.2, 0.25) is 0 Å². The Morgan fingerprint density at radius 2 is 2.16 bits per heavy atom. The van der Waals surface area contributed by atoms with Crippen LogP contribution in [-0.4, -0.2) is 28.0 Å². The zero-order valence-electron chi connectivity index (χ0n) is 11.5. The highest BCUT2D eigenvalue weighted by Gasteiger charge is 2.21. The Morgan fingerprint density at radius 1 is 1.47 bits per heavy atom. The van der Waals surface area contributed by atoms with Crippen molar-refractivity contribution in [2.24, 2.45) is 0 Å².